The highest BCUT2D eigenvalue weighted by Gasteiger charge is 2.34. The molecule has 1 N–H and O–H groups in total. The highest BCUT2D eigenvalue weighted by atomic mass is 15.2. The van der Waals surface area contributed by atoms with Crippen molar-refractivity contribution in [2.75, 3.05) is 13.1 Å². The lowest BCUT2D eigenvalue weighted by molar-refractivity contribution is 0.0792. The Morgan fingerprint density at radius 2 is 1.57 bits per heavy atom. The molecule has 3 rings (SSSR count). The van der Waals surface area contributed by atoms with E-state index >= 15 is 0 Å². The van der Waals surface area contributed by atoms with Gasteiger partial charge >= 0.3 is 0 Å². The van der Waals surface area contributed by atoms with E-state index in [0.717, 1.165) is 19.6 Å². The van der Waals surface area contributed by atoms with Crippen LogP contribution in [0.3, 0.4) is 0 Å². The van der Waals surface area contributed by atoms with Gasteiger partial charge in [-0.05, 0) is 16.5 Å². The first-order valence-electron chi connectivity index (χ1n) is 8.60. The molecule has 0 saturated carbocycles. The number of benzene rings is 2. The van der Waals surface area contributed by atoms with Gasteiger partial charge in [0.1, 0.15) is 0 Å². The van der Waals surface area contributed by atoms with Crippen molar-refractivity contribution in [3.8, 4) is 0 Å². The van der Waals surface area contributed by atoms with Crippen LogP contribution in [0.1, 0.15) is 37.9 Å². The Balaban J connectivity index is 1.83. The van der Waals surface area contributed by atoms with Crippen LogP contribution in [-0.2, 0) is 6.54 Å². The minimum Gasteiger partial charge on any atom is -0.310 e. The van der Waals surface area contributed by atoms with Crippen LogP contribution in [0.5, 0.6) is 0 Å². The Hall–Kier alpha value is -1.64. The zero-order chi connectivity index (χ0) is 16.3. The van der Waals surface area contributed by atoms with Crippen LogP contribution in [0.2, 0.25) is 0 Å². The zero-order valence-corrected chi connectivity index (χ0v) is 14.5. The van der Waals surface area contributed by atoms with E-state index < -0.39 is 0 Å². The molecule has 0 amide bonds. The first-order chi connectivity index (χ1) is 11.0. The van der Waals surface area contributed by atoms with Gasteiger partial charge in [0.15, 0.2) is 0 Å². The summed E-state index contributed by atoms with van der Waals surface area (Å²) in [6.07, 6.45) is 0. The molecule has 0 spiro atoms. The molecule has 0 radical (unpaired) electrons. The second-order valence-corrected chi connectivity index (χ2v) is 7.67. The Kier molecular flexibility index (Phi) is 4.84. The van der Waals surface area contributed by atoms with Crippen molar-refractivity contribution in [2.24, 2.45) is 5.41 Å². The molecule has 1 heterocycles. The molecule has 0 aromatic heterocycles. The van der Waals surface area contributed by atoms with E-state index in [-0.39, 0.29) is 5.41 Å². The van der Waals surface area contributed by atoms with Gasteiger partial charge in [0.2, 0.25) is 0 Å². The third kappa shape index (κ3) is 4.01. The van der Waals surface area contributed by atoms with Gasteiger partial charge in [0, 0.05) is 31.7 Å². The average Bonchev–Trinajstić information content (AvgIpc) is 2.56. The fourth-order valence-corrected chi connectivity index (χ4v) is 3.39. The van der Waals surface area contributed by atoms with Crippen molar-refractivity contribution in [1.82, 2.24) is 10.2 Å². The Morgan fingerprint density at radius 3 is 2.17 bits per heavy atom. The molecule has 1 fully saturated rings. The lowest BCUT2D eigenvalue weighted by Gasteiger charge is -2.45. The maximum absolute atomic E-state index is 3.78. The van der Waals surface area contributed by atoms with Gasteiger partial charge in [-0.1, -0.05) is 81.4 Å². The second kappa shape index (κ2) is 6.86. The lowest BCUT2D eigenvalue weighted by Crippen LogP contribution is -2.56. The molecule has 0 bridgehead atoms. The molecule has 2 aromatic carbocycles. The summed E-state index contributed by atoms with van der Waals surface area (Å²) in [6.45, 7) is 10.1. The summed E-state index contributed by atoms with van der Waals surface area (Å²) in [5.74, 6) is 0. The van der Waals surface area contributed by atoms with E-state index in [0.29, 0.717) is 12.1 Å². The van der Waals surface area contributed by atoms with E-state index in [1.165, 1.54) is 11.1 Å². The van der Waals surface area contributed by atoms with Crippen LogP contribution in [0.15, 0.2) is 60.7 Å². The van der Waals surface area contributed by atoms with Gasteiger partial charge in [-0.3, -0.25) is 4.90 Å². The minimum atomic E-state index is 0.274. The summed E-state index contributed by atoms with van der Waals surface area (Å²) < 4.78 is 0. The highest BCUT2D eigenvalue weighted by Crippen LogP contribution is 2.30. The third-order valence-electron chi connectivity index (χ3n) is 4.87. The SMILES string of the molecule is CC(C)(C)C1CN(Cc2ccccc2)C(c2ccccc2)CN1. The normalized spacial score (nSPS) is 22.9. The Labute approximate surface area is 140 Å². The number of piperazine rings is 1. The number of rotatable bonds is 3. The average molecular weight is 308 g/mol. The number of nitrogens with one attached hydrogen (secondary N) is 1. The van der Waals surface area contributed by atoms with Crippen LogP contribution >= 0.6 is 0 Å². The Morgan fingerprint density at radius 1 is 0.957 bits per heavy atom. The number of hydrogen-bond acceptors (Lipinski definition) is 2. The smallest absolute Gasteiger partial charge is 0.0476 e. The summed E-state index contributed by atoms with van der Waals surface area (Å²) in [7, 11) is 0. The third-order valence-corrected chi connectivity index (χ3v) is 4.87. The van der Waals surface area contributed by atoms with Crippen LogP contribution in [0, 0.1) is 5.41 Å². The monoisotopic (exact) mass is 308 g/mol. The molecule has 2 unspecified atom stereocenters. The molecule has 1 saturated heterocycles. The molecule has 2 aromatic rings. The standard InChI is InChI=1S/C21H28N2/c1-21(2,3)20-16-23(15-17-10-6-4-7-11-17)19(14-22-20)18-12-8-5-9-13-18/h4-13,19-20,22H,14-16H2,1-3H3. The van der Waals surface area contributed by atoms with Gasteiger partial charge in [-0.2, -0.15) is 0 Å². The summed E-state index contributed by atoms with van der Waals surface area (Å²) in [6, 6.07) is 22.7. The van der Waals surface area contributed by atoms with Gasteiger partial charge < -0.3 is 5.32 Å². The van der Waals surface area contributed by atoms with Crippen molar-refractivity contribution in [3.05, 3.63) is 71.8 Å². The van der Waals surface area contributed by atoms with Crippen LogP contribution < -0.4 is 5.32 Å². The zero-order valence-electron chi connectivity index (χ0n) is 14.5. The fourth-order valence-electron chi connectivity index (χ4n) is 3.39. The van der Waals surface area contributed by atoms with Gasteiger partial charge in [0.05, 0.1) is 0 Å². The van der Waals surface area contributed by atoms with Crippen molar-refractivity contribution in [3.63, 3.8) is 0 Å². The molecular formula is C21H28N2. The van der Waals surface area contributed by atoms with Gasteiger partial charge in [-0.25, -0.2) is 0 Å². The van der Waals surface area contributed by atoms with Crippen molar-refractivity contribution in [1.29, 1.82) is 0 Å². The number of nitrogens with zero attached hydrogens (tertiary/aromatic N) is 1. The first kappa shape index (κ1) is 16.2. The van der Waals surface area contributed by atoms with Gasteiger partial charge in [-0.15, -0.1) is 0 Å². The van der Waals surface area contributed by atoms with Crippen LogP contribution in [0.4, 0.5) is 0 Å². The molecule has 1 aliphatic rings. The molecule has 23 heavy (non-hydrogen) atoms. The van der Waals surface area contributed by atoms with Crippen molar-refractivity contribution >= 4 is 0 Å². The highest BCUT2D eigenvalue weighted by molar-refractivity contribution is 5.22. The molecule has 0 aliphatic carbocycles. The second-order valence-electron chi connectivity index (χ2n) is 7.67. The topological polar surface area (TPSA) is 15.3 Å². The van der Waals surface area contributed by atoms with Crippen LogP contribution in [0.25, 0.3) is 0 Å². The minimum absolute atomic E-state index is 0.274. The van der Waals surface area contributed by atoms with E-state index in [1.54, 1.807) is 0 Å². The summed E-state index contributed by atoms with van der Waals surface area (Å²) >= 11 is 0. The van der Waals surface area contributed by atoms with E-state index in [9.17, 15) is 0 Å². The van der Waals surface area contributed by atoms with E-state index in [2.05, 4.69) is 91.7 Å². The maximum Gasteiger partial charge on any atom is 0.0476 e. The predicted molar refractivity (Wildman–Crippen MR) is 97.3 cm³/mol. The lowest BCUT2D eigenvalue weighted by atomic mass is 9.84. The predicted octanol–water partition coefficient (Wildman–Crippen LogP) is 4.25. The molecule has 2 nitrogen and oxygen atoms in total. The number of hydrogen-bond donors (Lipinski definition) is 1. The van der Waals surface area contributed by atoms with Crippen molar-refractivity contribution < 1.29 is 0 Å². The quantitative estimate of drug-likeness (QED) is 0.912. The first-order valence-corrected chi connectivity index (χ1v) is 8.60. The van der Waals surface area contributed by atoms with Gasteiger partial charge in [0.25, 0.3) is 0 Å². The Bertz CT molecular complexity index is 601. The molecule has 2 atom stereocenters. The summed E-state index contributed by atoms with van der Waals surface area (Å²) in [5.41, 5.74) is 3.07. The fraction of sp³-hybridized carbons (Fsp3) is 0.429. The molecule has 2 heteroatoms. The maximum atomic E-state index is 3.78. The summed E-state index contributed by atoms with van der Waals surface area (Å²) in [5, 5.41) is 3.78. The molecule has 122 valence electrons. The van der Waals surface area contributed by atoms with Crippen LogP contribution in [-0.4, -0.2) is 24.0 Å². The van der Waals surface area contributed by atoms with E-state index in [4.69, 9.17) is 0 Å². The largest absolute Gasteiger partial charge is 0.310 e. The van der Waals surface area contributed by atoms with E-state index in [1.807, 2.05) is 0 Å². The molecular weight excluding hydrogens is 280 g/mol. The molecule has 1 aliphatic heterocycles. The summed E-state index contributed by atoms with van der Waals surface area (Å²) in [4.78, 5) is 2.64. The van der Waals surface area contributed by atoms with Crippen molar-refractivity contribution in [2.45, 2.75) is 39.4 Å².